The quantitative estimate of drug-likeness (QED) is 0.531. The Morgan fingerprint density at radius 1 is 1.21 bits per heavy atom. The van der Waals surface area contributed by atoms with Crippen LogP contribution in [0.2, 0.25) is 0 Å². The molecule has 1 saturated heterocycles. The number of hydrogen-bond acceptors (Lipinski definition) is 2. The molecule has 14 heavy (non-hydrogen) atoms. The highest BCUT2D eigenvalue weighted by atomic mass is 16.2. The second-order valence-corrected chi connectivity index (χ2v) is 4.71. The molecule has 3 heteroatoms. The largest absolute Gasteiger partial charge is 0.339 e. The topological polar surface area (TPSA) is 46.3 Å². The number of rotatable bonds is 2. The Hall–Kier alpha value is -0.570. The van der Waals surface area contributed by atoms with Crippen molar-refractivity contribution in [3.05, 3.63) is 0 Å². The van der Waals surface area contributed by atoms with Gasteiger partial charge in [0.1, 0.15) is 6.04 Å². The minimum atomic E-state index is -0.194. The Kier molecular flexibility index (Phi) is 3.06. The minimum Gasteiger partial charge on any atom is -0.339 e. The summed E-state index contributed by atoms with van der Waals surface area (Å²) in [5.41, 5.74) is 5.56. The molecule has 2 fully saturated rings. The maximum Gasteiger partial charge on any atom is 0.241 e. The van der Waals surface area contributed by atoms with Crippen LogP contribution in [-0.2, 0) is 4.79 Å². The molecule has 1 aliphatic carbocycles. The molecule has 0 aromatic carbocycles. The van der Waals surface area contributed by atoms with Gasteiger partial charge in [0.25, 0.3) is 0 Å². The molecule has 1 amide bonds. The van der Waals surface area contributed by atoms with E-state index in [0.717, 1.165) is 19.0 Å². The predicted molar refractivity (Wildman–Crippen MR) is 55.7 cm³/mol. The highest BCUT2D eigenvalue weighted by molar-refractivity contribution is 5.87. The number of carbonyl (C=O) groups excluding carboxylic acids is 1. The molecule has 0 spiro atoms. The van der Waals surface area contributed by atoms with Crippen LogP contribution < -0.4 is 5.73 Å². The smallest absolute Gasteiger partial charge is 0.241 e. The number of likely N-dealkylation sites (tertiary alicyclic amines) is 1. The standard InChI is InChI=1S/C11H20N2O/c12-10-8-13(11(10)14)7-9-5-3-1-2-4-6-9/h9-10H,1-8,12H2. The first-order valence-corrected chi connectivity index (χ1v) is 5.82. The minimum absolute atomic E-state index is 0.161. The Labute approximate surface area is 85.6 Å². The lowest BCUT2D eigenvalue weighted by molar-refractivity contribution is -0.143. The zero-order valence-corrected chi connectivity index (χ0v) is 8.74. The maximum absolute atomic E-state index is 11.3. The molecular weight excluding hydrogens is 176 g/mol. The van der Waals surface area contributed by atoms with Gasteiger partial charge in [0.2, 0.25) is 5.91 Å². The van der Waals surface area contributed by atoms with Crippen LogP contribution in [0, 0.1) is 5.92 Å². The molecule has 1 heterocycles. The lowest BCUT2D eigenvalue weighted by Gasteiger charge is -2.38. The van der Waals surface area contributed by atoms with Crippen molar-refractivity contribution >= 4 is 5.91 Å². The first-order valence-electron chi connectivity index (χ1n) is 5.82. The van der Waals surface area contributed by atoms with E-state index in [1.54, 1.807) is 0 Å². The van der Waals surface area contributed by atoms with E-state index in [2.05, 4.69) is 0 Å². The van der Waals surface area contributed by atoms with Crippen LogP contribution in [-0.4, -0.2) is 29.9 Å². The molecule has 2 aliphatic rings. The van der Waals surface area contributed by atoms with Gasteiger partial charge in [0, 0.05) is 13.1 Å². The monoisotopic (exact) mass is 196 g/mol. The van der Waals surface area contributed by atoms with Crippen LogP contribution in [0.3, 0.4) is 0 Å². The van der Waals surface area contributed by atoms with E-state index in [-0.39, 0.29) is 11.9 Å². The van der Waals surface area contributed by atoms with E-state index in [1.165, 1.54) is 38.5 Å². The van der Waals surface area contributed by atoms with Crippen LogP contribution in [0.25, 0.3) is 0 Å². The Bertz CT molecular complexity index is 209. The van der Waals surface area contributed by atoms with Crippen molar-refractivity contribution in [2.24, 2.45) is 11.7 Å². The Balaban J connectivity index is 1.76. The molecule has 0 aromatic heterocycles. The average molecular weight is 196 g/mol. The van der Waals surface area contributed by atoms with Crippen LogP contribution >= 0.6 is 0 Å². The van der Waals surface area contributed by atoms with Gasteiger partial charge in [-0.1, -0.05) is 25.7 Å². The van der Waals surface area contributed by atoms with Crippen LogP contribution in [0.4, 0.5) is 0 Å². The van der Waals surface area contributed by atoms with Gasteiger partial charge in [-0.05, 0) is 18.8 Å². The molecule has 0 aromatic rings. The van der Waals surface area contributed by atoms with Crippen LogP contribution in [0.15, 0.2) is 0 Å². The van der Waals surface area contributed by atoms with Gasteiger partial charge in [0.05, 0.1) is 0 Å². The van der Waals surface area contributed by atoms with Gasteiger partial charge < -0.3 is 10.6 Å². The number of hydrogen-bond donors (Lipinski definition) is 1. The van der Waals surface area contributed by atoms with Gasteiger partial charge in [-0.3, -0.25) is 4.79 Å². The molecule has 1 saturated carbocycles. The Morgan fingerprint density at radius 3 is 2.36 bits per heavy atom. The molecule has 2 N–H and O–H groups in total. The summed E-state index contributed by atoms with van der Waals surface area (Å²) in [5, 5.41) is 0. The molecule has 1 atom stereocenters. The zero-order valence-electron chi connectivity index (χ0n) is 8.74. The van der Waals surface area contributed by atoms with E-state index in [0.29, 0.717) is 0 Å². The predicted octanol–water partition coefficient (Wildman–Crippen LogP) is 1.13. The lowest BCUT2D eigenvalue weighted by Crippen LogP contribution is -2.61. The summed E-state index contributed by atoms with van der Waals surface area (Å²) in [6, 6.07) is -0.194. The van der Waals surface area contributed by atoms with Gasteiger partial charge in [-0.2, -0.15) is 0 Å². The van der Waals surface area contributed by atoms with E-state index >= 15 is 0 Å². The number of nitrogens with two attached hydrogens (primary N) is 1. The fourth-order valence-corrected chi connectivity index (χ4v) is 2.55. The maximum atomic E-state index is 11.3. The van der Waals surface area contributed by atoms with E-state index in [9.17, 15) is 4.79 Å². The van der Waals surface area contributed by atoms with Crippen molar-refractivity contribution in [1.29, 1.82) is 0 Å². The van der Waals surface area contributed by atoms with Gasteiger partial charge in [0.15, 0.2) is 0 Å². The zero-order chi connectivity index (χ0) is 9.97. The molecule has 3 nitrogen and oxygen atoms in total. The summed E-state index contributed by atoms with van der Waals surface area (Å²) in [7, 11) is 0. The molecule has 2 rings (SSSR count). The van der Waals surface area contributed by atoms with Crippen molar-refractivity contribution in [2.45, 2.75) is 44.6 Å². The third-order valence-corrected chi connectivity index (χ3v) is 3.50. The third-order valence-electron chi connectivity index (χ3n) is 3.50. The highest BCUT2D eigenvalue weighted by Gasteiger charge is 2.34. The second kappa shape index (κ2) is 4.30. The summed E-state index contributed by atoms with van der Waals surface area (Å²) < 4.78 is 0. The number of amides is 1. The molecule has 1 aliphatic heterocycles. The second-order valence-electron chi connectivity index (χ2n) is 4.71. The van der Waals surface area contributed by atoms with Crippen LogP contribution in [0.1, 0.15) is 38.5 Å². The van der Waals surface area contributed by atoms with Crippen molar-refractivity contribution in [3.8, 4) is 0 Å². The number of nitrogens with zero attached hydrogens (tertiary/aromatic N) is 1. The molecule has 80 valence electrons. The normalized spacial score (nSPS) is 29.9. The first kappa shape index (κ1) is 9.97. The molecular formula is C11H20N2O. The van der Waals surface area contributed by atoms with Crippen molar-refractivity contribution in [1.82, 2.24) is 4.90 Å². The van der Waals surface area contributed by atoms with Gasteiger partial charge in [-0.25, -0.2) is 0 Å². The van der Waals surface area contributed by atoms with E-state index in [1.807, 2.05) is 4.90 Å². The molecule has 1 unspecified atom stereocenters. The number of carbonyl (C=O) groups is 1. The average Bonchev–Trinajstić information content (AvgIpc) is 2.45. The van der Waals surface area contributed by atoms with Crippen molar-refractivity contribution < 1.29 is 4.79 Å². The summed E-state index contributed by atoms with van der Waals surface area (Å²) in [6.45, 7) is 1.75. The van der Waals surface area contributed by atoms with Gasteiger partial charge in [-0.15, -0.1) is 0 Å². The third kappa shape index (κ3) is 2.08. The Morgan fingerprint density at radius 2 is 1.86 bits per heavy atom. The van der Waals surface area contributed by atoms with E-state index in [4.69, 9.17) is 5.73 Å². The van der Waals surface area contributed by atoms with E-state index < -0.39 is 0 Å². The molecule has 0 bridgehead atoms. The SMILES string of the molecule is NC1CN(CC2CCCCCC2)C1=O. The van der Waals surface area contributed by atoms with Crippen molar-refractivity contribution in [3.63, 3.8) is 0 Å². The highest BCUT2D eigenvalue weighted by Crippen LogP contribution is 2.25. The molecule has 0 radical (unpaired) electrons. The fourth-order valence-electron chi connectivity index (χ4n) is 2.55. The summed E-state index contributed by atoms with van der Waals surface area (Å²) >= 11 is 0. The van der Waals surface area contributed by atoms with Crippen LogP contribution in [0.5, 0.6) is 0 Å². The van der Waals surface area contributed by atoms with Gasteiger partial charge >= 0.3 is 0 Å². The summed E-state index contributed by atoms with van der Waals surface area (Å²) in [5.74, 6) is 0.906. The summed E-state index contributed by atoms with van der Waals surface area (Å²) in [4.78, 5) is 13.3. The fraction of sp³-hybridized carbons (Fsp3) is 0.909. The summed E-state index contributed by atoms with van der Waals surface area (Å²) in [6.07, 6.45) is 8.06. The lowest BCUT2D eigenvalue weighted by atomic mass is 9.97. The number of β-lactam (4-membered cyclic amide) rings is 1. The first-order chi connectivity index (χ1) is 6.77. The van der Waals surface area contributed by atoms with Crippen molar-refractivity contribution in [2.75, 3.05) is 13.1 Å².